The van der Waals surface area contributed by atoms with Crippen molar-refractivity contribution >= 4 is 17.6 Å². The van der Waals surface area contributed by atoms with Gasteiger partial charge in [0.05, 0.1) is 12.0 Å². The third-order valence-electron chi connectivity index (χ3n) is 3.42. The Morgan fingerprint density at radius 1 is 1.14 bits per heavy atom. The molecule has 116 valence electrons. The Hall–Kier alpha value is -2.04. The highest BCUT2D eigenvalue weighted by Crippen LogP contribution is 2.23. The second-order valence-electron chi connectivity index (χ2n) is 5.14. The van der Waals surface area contributed by atoms with Gasteiger partial charge in [-0.05, 0) is 31.0 Å². The summed E-state index contributed by atoms with van der Waals surface area (Å²) in [4.78, 5) is 23.9. The highest BCUT2D eigenvalue weighted by Gasteiger charge is 2.13. The monoisotopic (exact) mass is 293 g/mol. The van der Waals surface area contributed by atoms with Crippen molar-refractivity contribution in [2.45, 2.75) is 39.5 Å². The van der Waals surface area contributed by atoms with E-state index in [0.29, 0.717) is 6.54 Å². The van der Waals surface area contributed by atoms with Gasteiger partial charge in [0.15, 0.2) is 0 Å². The van der Waals surface area contributed by atoms with Crippen molar-refractivity contribution in [2.24, 2.45) is 0 Å². The third kappa shape index (κ3) is 5.45. The molecule has 1 rings (SSSR count). The van der Waals surface area contributed by atoms with Crippen molar-refractivity contribution in [3.8, 4) is 0 Å². The van der Waals surface area contributed by atoms with E-state index in [1.165, 1.54) is 0 Å². The number of aliphatic carboxylic acids is 1. The lowest BCUT2D eigenvalue weighted by atomic mass is 10.1. The summed E-state index contributed by atoms with van der Waals surface area (Å²) >= 11 is 0. The molecule has 0 saturated carbocycles. The van der Waals surface area contributed by atoms with Crippen LogP contribution in [0.2, 0.25) is 0 Å². The molecule has 0 atom stereocenters. The van der Waals surface area contributed by atoms with Crippen LogP contribution < -0.4 is 4.90 Å². The van der Waals surface area contributed by atoms with Gasteiger partial charge in [0.2, 0.25) is 0 Å². The lowest BCUT2D eigenvalue weighted by Gasteiger charge is -2.26. The molecule has 0 amide bonds. The third-order valence-corrected chi connectivity index (χ3v) is 3.42. The fourth-order valence-electron chi connectivity index (χ4n) is 2.22. The number of aryl methyl sites for hydroxylation is 1. The van der Waals surface area contributed by atoms with Crippen LogP contribution in [0.15, 0.2) is 18.2 Å². The molecule has 1 aromatic rings. The van der Waals surface area contributed by atoms with Crippen LogP contribution in [0.4, 0.5) is 5.69 Å². The number of hydrogen-bond donors (Lipinski definition) is 2. The summed E-state index contributed by atoms with van der Waals surface area (Å²) in [5, 5.41) is 18.0. The van der Waals surface area contributed by atoms with E-state index in [2.05, 4.69) is 6.92 Å². The van der Waals surface area contributed by atoms with E-state index >= 15 is 0 Å². The van der Waals surface area contributed by atoms with Gasteiger partial charge in [-0.2, -0.15) is 0 Å². The van der Waals surface area contributed by atoms with Crippen molar-refractivity contribution < 1.29 is 19.8 Å². The quantitative estimate of drug-likeness (QED) is 0.684. The smallest absolute Gasteiger partial charge is 0.335 e. The number of anilines is 1. The summed E-state index contributed by atoms with van der Waals surface area (Å²) in [7, 11) is 0. The van der Waals surface area contributed by atoms with E-state index in [0.717, 1.165) is 37.1 Å². The highest BCUT2D eigenvalue weighted by atomic mass is 16.4. The van der Waals surface area contributed by atoms with Crippen molar-refractivity contribution in [3.05, 3.63) is 29.3 Å². The van der Waals surface area contributed by atoms with E-state index in [1.54, 1.807) is 18.2 Å². The van der Waals surface area contributed by atoms with E-state index in [4.69, 9.17) is 10.2 Å². The Labute approximate surface area is 125 Å². The first kappa shape index (κ1) is 17.0. The fourth-order valence-corrected chi connectivity index (χ4v) is 2.22. The summed E-state index contributed by atoms with van der Waals surface area (Å²) < 4.78 is 0. The molecule has 2 N–H and O–H groups in total. The normalized spacial score (nSPS) is 10.4. The first-order valence-corrected chi connectivity index (χ1v) is 7.26. The Bertz CT molecular complexity index is 499. The van der Waals surface area contributed by atoms with Crippen molar-refractivity contribution in [1.29, 1.82) is 0 Å². The molecule has 5 heteroatoms. The molecule has 0 bridgehead atoms. The lowest BCUT2D eigenvalue weighted by Crippen LogP contribution is -2.28. The maximum atomic E-state index is 11.1. The van der Waals surface area contributed by atoms with Gasteiger partial charge in [-0.1, -0.05) is 25.8 Å². The molecule has 0 radical (unpaired) electrons. The number of nitrogens with zero attached hydrogens (tertiary/aromatic N) is 1. The molecule has 1 aromatic carbocycles. The summed E-state index contributed by atoms with van der Waals surface area (Å²) in [6, 6.07) is 4.97. The van der Waals surface area contributed by atoms with Gasteiger partial charge in [0.25, 0.3) is 0 Å². The average molecular weight is 293 g/mol. The Morgan fingerprint density at radius 2 is 1.86 bits per heavy atom. The second kappa shape index (κ2) is 8.29. The molecule has 0 aliphatic heterocycles. The highest BCUT2D eigenvalue weighted by molar-refractivity contribution is 5.89. The first-order chi connectivity index (χ1) is 9.95. The zero-order chi connectivity index (χ0) is 15.8. The van der Waals surface area contributed by atoms with Crippen LogP contribution in [0.3, 0.4) is 0 Å². The van der Waals surface area contributed by atoms with Gasteiger partial charge in [-0.25, -0.2) is 4.79 Å². The second-order valence-corrected chi connectivity index (χ2v) is 5.14. The number of rotatable bonds is 9. The standard InChI is InChI=1S/C16H23NO4/c1-3-4-5-9-17(10-8-15(18)19)14-11-13(16(20)21)7-6-12(14)2/h6-7,11H,3-5,8-10H2,1-2H3,(H,18,19)(H,20,21). The van der Waals surface area contributed by atoms with E-state index in [1.807, 2.05) is 11.8 Å². The number of aromatic carboxylic acids is 1. The summed E-state index contributed by atoms with van der Waals surface area (Å²) in [6.07, 6.45) is 3.16. The van der Waals surface area contributed by atoms with Crippen LogP contribution in [-0.2, 0) is 4.79 Å². The van der Waals surface area contributed by atoms with E-state index < -0.39 is 11.9 Å². The average Bonchev–Trinajstić information content (AvgIpc) is 2.43. The summed E-state index contributed by atoms with van der Waals surface area (Å²) in [5.74, 6) is -1.81. The maximum Gasteiger partial charge on any atom is 0.335 e. The van der Waals surface area contributed by atoms with Gasteiger partial charge in [-0.3, -0.25) is 4.79 Å². The molecule has 0 heterocycles. The van der Waals surface area contributed by atoms with Gasteiger partial charge >= 0.3 is 11.9 Å². The Balaban J connectivity index is 2.96. The van der Waals surface area contributed by atoms with Crippen LogP contribution in [0, 0.1) is 6.92 Å². The molecule has 5 nitrogen and oxygen atoms in total. The zero-order valence-electron chi connectivity index (χ0n) is 12.6. The summed E-state index contributed by atoms with van der Waals surface area (Å²) in [5.41, 5.74) is 2.00. The number of unbranched alkanes of at least 4 members (excludes halogenated alkanes) is 2. The molecule has 0 aliphatic carbocycles. The van der Waals surface area contributed by atoms with Gasteiger partial charge in [0, 0.05) is 18.8 Å². The molecule has 0 aromatic heterocycles. The molecule has 0 spiro atoms. The van der Waals surface area contributed by atoms with Gasteiger partial charge in [-0.15, -0.1) is 0 Å². The molecule has 0 aliphatic rings. The minimum absolute atomic E-state index is 0.0445. The van der Waals surface area contributed by atoms with Crippen LogP contribution in [-0.4, -0.2) is 35.2 Å². The number of hydrogen-bond acceptors (Lipinski definition) is 3. The van der Waals surface area contributed by atoms with Crippen molar-refractivity contribution in [3.63, 3.8) is 0 Å². The lowest BCUT2D eigenvalue weighted by molar-refractivity contribution is -0.136. The fraction of sp³-hybridized carbons (Fsp3) is 0.500. The molecule has 0 unspecified atom stereocenters. The number of benzene rings is 1. The zero-order valence-corrected chi connectivity index (χ0v) is 12.6. The molecular formula is C16H23NO4. The van der Waals surface area contributed by atoms with Gasteiger partial charge in [0.1, 0.15) is 0 Å². The first-order valence-electron chi connectivity index (χ1n) is 7.26. The molecule has 21 heavy (non-hydrogen) atoms. The maximum absolute atomic E-state index is 11.1. The summed E-state index contributed by atoms with van der Waals surface area (Å²) in [6.45, 7) is 5.15. The predicted molar refractivity (Wildman–Crippen MR) is 82.1 cm³/mol. The molecule has 0 fully saturated rings. The molecular weight excluding hydrogens is 270 g/mol. The Morgan fingerprint density at radius 3 is 2.43 bits per heavy atom. The van der Waals surface area contributed by atoms with E-state index in [9.17, 15) is 9.59 Å². The molecule has 0 saturated heterocycles. The number of carboxylic acid groups (broad SMARTS) is 2. The van der Waals surface area contributed by atoms with Crippen LogP contribution in [0.1, 0.15) is 48.5 Å². The number of carbonyl (C=O) groups is 2. The van der Waals surface area contributed by atoms with Crippen LogP contribution >= 0.6 is 0 Å². The van der Waals surface area contributed by atoms with E-state index in [-0.39, 0.29) is 12.0 Å². The predicted octanol–water partition coefficient (Wildman–Crippen LogP) is 3.16. The minimum Gasteiger partial charge on any atom is -0.481 e. The topological polar surface area (TPSA) is 77.8 Å². The minimum atomic E-state index is -0.969. The largest absolute Gasteiger partial charge is 0.481 e. The Kier molecular flexibility index (Phi) is 6.72. The van der Waals surface area contributed by atoms with Crippen molar-refractivity contribution in [1.82, 2.24) is 0 Å². The van der Waals surface area contributed by atoms with Crippen molar-refractivity contribution in [2.75, 3.05) is 18.0 Å². The van der Waals surface area contributed by atoms with Gasteiger partial charge < -0.3 is 15.1 Å². The SMILES string of the molecule is CCCCCN(CCC(=O)O)c1cc(C(=O)O)ccc1C. The number of carboxylic acids is 2. The van der Waals surface area contributed by atoms with Crippen LogP contribution in [0.5, 0.6) is 0 Å². The van der Waals surface area contributed by atoms with Crippen LogP contribution in [0.25, 0.3) is 0 Å².